The fourth-order valence-electron chi connectivity index (χ4n) is 3.13. The molecule has 0 aliphatic carbocycles. The summed E-state index contributed by atoms with van der Waals surface area (Å²) < 4.78 is 17.0. The number of carbonyl (C=O) groups excluding carboxylic acids is 2. The van der Waals surface area contributed by atoms with E-state index < -0.39 is 23.5 Å². The maximum atomic E-state index is 13.0. The molecule has 148 valence electrons. The first kappa shape index (κ1) is 20.0. The third-order valence-corrected chi connectivity index (χ3v) is 4.76. The van der Waals surface area contributed by atoms with Crippen LogP contribution in [0.4, 0.5) is 0 Å². The molecule has 3 rings (SSSR count). The summed E-state index contributed by atoms with van der Waals surface area (Å²) in [5.74, 6) is -1.88. The number of ether oxygens (including phenoxy) is 3. The highest BCUT2D eigenvalue weighted by Gasteiger charge is 2.46. The fourth-order valence-corrected chi connectivity index (χ4v) is 3.13. The highest BCUT2D eigenvalue weighted by Crippen LogP contribution is 2.39. The van der Waals surface area contributed by atoms with Gasteiger partial charge in [0.2, 0.25) is 0 Å². The van der Waals surface area contributed by atoms with E-state index in [4.69, 9.17) is 14.2 Å². The van der Waals surface area contributed by atoms with E-state index in [9.17, 15) is 9.59 Å². The molecular weight excluding hydrogens is 360 g/mol. The smallest absolute Gasteiger partial charge is 0.319 e. The summed E-state index contributed by atoms with van der Waals surface area (Å²) in [6, 6.07) is 12.5. The second kappa shape index (κ2) is 8.50. The van der Waals surface area contributed by atoms with E-state index in [0.717, 1.165) is 5.56 Å². The molecule has 7 nitrogen and oxygen atoms in total. The Morgan fingerprint density at radius 3 is 2.61 bits per heavy atom. The Bertz CT molecular complexity index is 840. The molecule has 0 amide bonds. The van der Waals surface area contributed by atoms with Crippen molar-refractivity contribution in [1.29, 1.82) is 0 Å². The average molecular weight is 384 g/mol. The maximum absolute atomic E-state index is 13.0. The van der Waals surface area contributed by atoms with Gasteiger partial charge >= 0.3 is 11.9 Å². The van der Waals surface area contributed by atoms with Crippen LogP contribution in [0.3, 0.4) is 0 Å². The fraction of sp³-hybridized carbons (Fsp3) is 0.381. The van der Waals surface area contributed by atoms with E-state index in [1.54, 1.807) is 13.0 Å². The third kappa shape index (κ3) is 4.37. The molecule has 0 radical (unpaired) electrons. The van der Waals surface area contributed by atoms with Gasteiger partial charge in [-0.1, -0.05) is 30.3 Å². The van der Waals surface area contributed by atoms with Crippen molar-refractivity contribution >= 4 is 11.9 Å². The zero-order valence-electron chi connectivity index (χ0n) is 16.3. The molecule has 0 saturated heterocycles. The molecule has 1 aliphatic rings. The predicted octanol–water partition coefficient (Wildman–Crippen LogP) is 2.41. The van der Waals surface area contributed by atoms with Crippen LogP contribution in [0.1, 0.15) is 18.9 Å². The molecule has 7 heteroatoms. The second-order valence-electron chi connectivity index (χ2n) is 7.08. The minimum absolute atomic E-state index is 0.0192. The first-order valence-electron chi connectivity index (χ1n) is 9.12. The van der Waals surface area contributed by atoms with Crippen LogP contribution in [0.2, 0.25) is 0 Å². The Morgan fingerprint density at radius 1 is 1.14 bits per heavy atom. The standard InChI is InChI=1S/C21H24N2O5/c1-21(26-13-12-23(2)3,15-8-5-4-6-9-15)16-14-18(24)27-17-10-7-11-22-19(17)28-20(16)25/h4-11,16H,12-14H2,1-3H3. The topological polar surface area (TPSA) is 78.0 Å². The lowest BCUT2D eigenvalue weighted by Crippen LogP contribution is -2.45. The summed E-state index contributed by atoms with van der Waals surface area (Å²) in [6.45, 7) is 2.85. The Kier molecular flexibility index (Phi) is 6.06. The number of esters is 2. The van der Waals surface area contributed by atoms with Gasteiger partial charge in [0, 0.05) is 12.7 Å². The Morgan fingerprint density at radius 2 is 1.89 bits per heavy atom. The van der Waals surface area contributed by atoms with E-state index in [-0.39, 0.29) is 18.1 Å². The van der Waals surface area contributed by atoms with Gasteiger partial charge in [-0.05, 0) is 38.7 Å². The molecule has 0 fully saturated rings. The first-order chi connectivity index (χ1) is 13.4. The Balaban J connectivity index is 1.96. The quantitative estimate of drug-likeness (QED) is 0.708. The molecule has 0 spiro atoms. The van der Waals surface area contributed by atoms with Gasteiger partial charge in [0.1, 0.15) is 11.5 Å². The molecule has 2 unspecified atom stereocenters. The Labute approximate surface area is 164 Å². The van der Waals surface area contributed by atoms with Crippen LogP contribution in [-0.2, 0) is 19.9 Å². The van der Waals surface area contributed by atoms with Crippen LogP contribution in [0.5, 0.6) is 11.6 Å². The average Bonchev–Trinajstić information content (AvgIpc) is 2.66. The molecule has 2 heterocycles. The molecule has 1 aromatic carbocycles. The number of nitrogens with zero attached hydrogens (tertiary/aromatic N) is 2. The molecule has 2 atom stereocenters. The molecule has 0 bridgehead atoms. The second-order valence-corrected chi connectivity index (χ2v) is 7.08. The van der Waals surface area contributed by atoms with E-state index >= 15 is 0 Å². The zero-order valence-corrected chi connectivity index (χ0v) is 16.3. The summed E-state index contributed by atoms with van der Waals surface area (Å²) in [6.07, 6.45) is 1.31. The van der Waals surface area contributed by atoms with Gasteiger partial charge in [0.25, 0.3) is 5.88 Å². The predicted molar refractivity (Wildman–Crippen MR) is 102 cm³/mol. The van der Waals surface area contributed by atoms with Crippen molar-refractivity contribution in [2.24, 2.45) is 5.92 Å². The summed E-state index contributed by atoms with van der Waals surface area (Å²) in [5.41, 5.74) is -0.287. The highest BCUT2D eigenvalue weighted by atomic mass is 16.6. The number of aromatic nitrogens is 1. The summed E-state index contributed by atoms with van der Waals surface area (Å²) in [7, 11) is 3.88. The van der Waals surface area contributed by atoms with Gasteiger partial charge in [0.15, 0.2) is 5.75 Å². The minimum Gasteiger partial charge on any atom is -0.421 e. The first-order valence-corrected chi connectivity index (χ1v) is 9.12. The number of rotatable bonds is 6. The van der Waals surface area contributed by atoms with Crippen molar-refractivity contribution in [2.75, 3.05) is 27.2 Å². The lowest BCUT2D eigenvalue weighted by Gasteiger charge is -2.37. The van der Waals surface area contributed by atoms with E-state index in [2.05, 4.69) is 4.98 Å². The van der Waals surface area contributed by atoms with Crippen molar-refractivity contribution < 1.29 is 23.8 Å². The highest BCUT2D eigenvalue weighted by molar-refractivity contribution is 5.85. The van der Waals surface area contributed by atoms with Crippen molar-refractivity contribution in [3.63, 3.8) is 0 Å². The zero-order chi connectivity index (χ0) is 20.1. The molecule has 0 saturated carbocycles. The normalized spacial score (nSPS) is 19.1. The molecule has 1 aromatic heterocycles. The van der Waals surface area contributed by atoms with Crippen LogP contribution < -0.4 is 9.47 Å². The van der Waals surface area contributed by atoms with Crippen LogP contribution in [0.25, 0.3) is 0 Å². The molecule has 2 aromatic rings. The van der Waals surface area contributed by atoms with Gasteiger partial charge < -0.3 is 19.1 Å². The number of carbonyl (C=O) groups is 2. The van der Waals surface area contributed by atoms with Crippen molar-refractivity contribution in [3.8, 4) is 11.6 Å². The van der Waals surface area contributed by atoms with Gasteiger partial charge in [-0.25, -0.2) is 4.98 Å². The van der Waals surface area contributed by atoms with E-state index in [0.29, 0.717) is 13.2 Å². The van der Waals surface area contributed by atoms with Crippen molar-refractivity contribution in [2.45, 2.75) is 18.9 Å². The largest absolute Gasteiger partial charge is 0.421 e. The third-order valence-electron chi connectivity index (χ3n) is 4.76. The lowest BCUT2D eigenvalue weighted by atomic mass is 9.80. The van der Waals surface area contributed by atoms with Gasteiger partial charge in [-0.15, -0.1) is 0 Å². The van der Waals surface area contributed by atoms with Gasteiger partial charge in [-0.3, -0.25) is 9.59 Å². The number of fused-ring (bicyclic) bond motifs is 1. The monoisotopic (exact) mass is 384 g/mol. The molecule has 28 heavy (non-hydrogen) atoms. The van der Waals surface area contributed by atoms with Gasteiger partial charge in [-0.2, -0.15) is 0 Å². The number of benzene rings is 1. The van der Waals surface area contributed by atoms with Crippen LogP contribution >= 0.6 is 0 Å². The molecular formula is C21H24N2O5. The van der Waals surface area contributed by atoms with Crippen LogP contribution in [0.15, 0.2) is 48.7 Å². The minimum atomic E-state index is -1.07. The Hall–Kier alpha value is -2.77. The SMILES string of the molecule is CN(C)CCOC(C)(c1ccccc1)C1CC(=O)Oc2cccnc2OC1=O. The molecule has 1 aliphatic heterocycles. The number of hydrogen-bond acceptors (Lipinski definition) is 7. The van der Waals surface area contributed by atoms with E-state index in [1.807, 2.05) is 49.3 Å². The van der Waals surface area contributed by atoms with Crippen LogP contribution in [-0.4, -0.2) is 49.1 Å². The number of hydrogen-bond donors (Lipinski definition) is 0. The van der Waals surface area contributed by atoms with Crippen molar-refractivity contribution in [3.05, 3.63) is 54.2 Å². The van der Waals surface area contributed by atoms with Gasteiger partial charge in [0.05, 0.1) is 13.0 Å². The lowest BCUT2D eigenvalue weighted by molar-refractivity contribution is -0.164. The number of pyridine rings is 1. The maximum Gasteiger partial charge on any atom is 0.319 e. The van der Waals surface area contributed by atoms with Crippen molar-refractivity contribution in [1.82, 2.24) is 9.88 Å². The number of likely N-dealkylation sites (N-methyl/N-ethyl adjacent to an activating group) is 1. The molecule has 0 N–H and O–H groups in total. The van der Waals surface area contributed by atoms with Crippen LogP contribution in [0, 0.1) is 5.92 Å². The summed E-state index contributed by atoms with van der Waals surface area (Å²) in [4.78, 5) is 31.5. The summed E-state index contributed by atoms with van der Waals surface area (Å²) in [5, 5.41) is 0. The summed E-state index contributed by atoms with van der Waals surface area (Å²) >= 11 is 0. The van der Waals surface area contributed by atoms with E-state index in [1.165, 1.54) is 12.3 Å².